The molecule has 1 aromatic heterocycles. The molecule has 11 aromatic rings. The van der Waals surface area contributed by atoms with Crippen LogP contribution in [0.3, 0.4) is 0 Å². The van der Waals surface area contributed by atoms with E-state index in [1.807, 2.05) is 0 Å². The first-order valence-electron chi connectivity index (χ1n) is 22.2. The van der Waals surface area contributed by atoms with Gasteiger partial charge in [0.05, 0.1) is 35.0 Å². The van der Waals surface area contributed by atoms with Gasteiger partial charge in [-0.15, -0.1) is 0 Å². The van der Waals surface area contributed by atoms with Gasteiger partial charge in [0.2, 0.25) is 0 Å². The van der Waals surface area contributed by atoms with Gasteiger partial charge in [-0.05, 0) is 91.8 Å². The van der Waals surface area contributed by atoms with E-state index in [-0.39, 0.29) is 0 Å². The molecule has 64 heavy (non-hydrogen) atoms. The number of methoxy groups -OCH3 is 4. The van der Waals surface area contributed by atoms with Crippen molar-refractivity contribution in [3.8, 4) is 23.0 Å². The molecular formula is C56H49O7P. The second kappa shape index (κ2) is 16.2. The summed E-state index contributed by atoms with van der Waals surface area (Å²) in [6, 6.07) is 42.8. The van der Waals surface area contributed by atoms with Crippen LogP contribution >= 0.6 is 8.24 Å². The van der Waals surface area contributed by atoms with E-state index < -0.39 is 8.24 Å². The van der Waals surface area contributed by atoms with Crippen molar-refractivity contribution in [2.75, 3.05) is 35.0 Å². The van der Waals surface area contributed by atoms with E-state index in [4.69, 9.17) is 31.9 Å². The maximum absolute atomic E-state index is 7.34. The largest absolute Gasteiger partial charge is 0.496 e. The Hall–Kier alpha value is -6.66. The van der Waals surface area contributed by atoms with Gasteiger partial charge in [-0.3, -0.25) is 4.52 Å². The third kappa shape index (κ3) is 6.28. The van der Waals surface area contributed by atoms with Gasteiger partial charge in [-0.25, -0.2) is 0 Å². The average Bonchev–Trinajstić information content (AvgIpc) is 3.50. The SMILES string of the molecule is CC[C@@H](C)CCCCOp1oc2c(cc(OC)c3cc(OC)c4ccc5ccc6ccccc6c5c4c32)c2cc(OC)c3cc(OC)c4ccc5ccc6ccccc6c5c4c3c2o1. The number of benzene rings is 10. The molecule has 1 atom stereocenters. The first-order chi connectivity index (χ1) is 31.4. The van der Waals surface area contributed by atoms with Crippen molar-refractivity contribution < 1.29 is 31.9 Å². The zero-order valence-corrected chi connectivity index (χ0v) is 37.9. The van der Waals surface area contributed by atoms with Crippen LogP contribution in [0, 0.1) is 5.92 Å². The number of hydrogen-bond donors (Lipinski definition) is 0. The molecule has 0 bridgehead atoms. The maximum Gasteiger partial charge on any atom is 0.387 e. The van der Waals surface area contributed by atoms with Gasteiger partial charge < -0.3 is 27.3 Å². The van der Waals surface area contributed by atoms with Gasteiger partial charge in [0.15, 0.2) is 11.2 Å². The molecule has 0 aliphatic heterocycles. The van der Waals surface area contributed by atoms with E-state index in [0.29, 0.717) is 35.2 Å². The lowest BCUT2D eigenvalue weighted by molar-refractivity contribution is 0.349. The Labute approximate surface area is 371 Å². The van der Waals surface area contributed by atoms with Crippen LogP contribution in [0.5, 0.6) is 23.0 Å². The average molecular weight is 865 g/mol. The Kier molecular flexibility index (Phi) is 10.1. The van der Waals surface area contributed by atoms with Crippen molar-refractivity contribution in [1.82, 2.24) is 0 Å². The van der Waals surface area contributed by atoms with E-state index in [0.717, 1.165) is 134 Å². The van der Waals surface area contributed by atoms with Crippen molar-refractivity contribution in [3.63, 3.8) is 0 Å². The summed E-state index contributed by atoms with van der Waals surface area (Å²) in [5.74, 6) is 3.49. The van der Waals surface area contributed by atoms with Gasteiger partial charge >= 0.3 is 8.24 Å². The highest BCUT2D eigenvalue weighted by atomic mass is 31.1. The molecule has 0 aliphatic rings. The van der Waals surface area contributed by atoms with E-state index in [2.05, 4.69) is 135 Å². The second-order valence-electron chi connectivity index (χ2n) is 16.9. The topological polar surface area (TPSA) is 72.4 Å². The van der Waals surface area contributed by atoms with Crippen molar-refractivity contribution in [2.24, 2.45) is 5.92 Å². The van der Waals surface area contributed by atoms with E-state index in [1.54, 1.807) is 28.4 Å². The summed E-state index contributed by atoms with van der Waals surface area (Å²) in [4.78, 5) is 0. The van der Waals surface area contributed by atoms with Gasteiger partial charge in [0, 0.05) is 53.9 Å². The highest BCUT2D eigenvalue weighted by molar-refractivity contribution is 7.31. The van der Waals surface area contributed by atoms with Crippen molar-refractivity contribution in [1.29, 1.82) is 0 Å². The van der Waals surface area contributed by atoms with E-state index in [1.165, 1.54) is 0 Å². The fourth-order valence-corrected chi connectivity index (χ4v) is 11.2. The molecule has 0 radical (unpaired) electrons. The molecule has 7 nitrogen and oxygen atoms in total. The minimum Gasteiger partial charge on any atom is -0.496 e. The molecule has 0 saturated heterocycles. The monoisotopic (exact) mass is 864 g/mol. The molecular weight excluding hydrogens is 816 g/mol. The fourth-order valence-electron chi connectivity index (χ4n) is 10.1. The van der Waals surface area contributed by atoms with Gasteiger partial charge in [0.1, 0.15) is 23.0 Å². The Morgan fingerprint density at radius 1 is 0.438 bits per heavy atom. The second-order valence-corrected chi connectivity index (χ2v) is 18.0. The minimum absolute atomic E-state index is 0.485. The molecule has 320 valence electrons. The highest BCUT2D eigenvalue weighted by Gasteiger charge is 2.25. The predicted octanol–water partition coefficient (Wildman–Crippen LogP) is 16.2. The number of rotatable bonds is 11. The van der Waals surface area contributed by atoms with Gasteiger partial charge in [-0.1, -0.05) is 118 Å². The maximum atomic E-state index is 7.34. The molecule has 0 spiro atoms. The molecule has 10 aromatic carbocycles. The number of ether oxygens (including phenoxy) is 4. The highest BCUT2D eigenvalue weighted by Crippen LogP contribution is 2.52. The van der Waals surface area contributed by atoms with Crippen LogP contribution in [-0.4, -0.2) is 35.0 Å². The lowest BCUT2D eigenvalue weighted by Crippen LogP contribution is -1.97. The summed E-state index contributed by atoms with van der Waals surface area (Å²) in [5.41, 5.74) is 1.31. The molecule has 0 fully saturated rings. The van der Waals surface area contributed by atoms with Crippen LogP contribution in [0.15, 0.2) is 130 Å². The van der Waals surface area contributed by atoms with Crippen molar-refractivity contribution in [3.05, 3.63) is 121 Å². The first kappa shape index (κ1) is 40.1. The van der Waals surface area contributed by atoms with Crippen LogP contribution in [-0.2, 0) is 0 Å². The third-order valence-electron chi connectivity index (χ3n) is 13.5. The Morgan fingerprint density at radius 2 is 0.859 bits per heavy atom. The summed E-state index contributed by atoms with van der Waals surface area (Å²) in [6.07, 6.45) is 4.24. The lowest BCUT2D eigenvalue weighted by Gasteiger charge is -2.17. The minimum atomic E-state index is -2.01. The quantitative estimate of drug-likeness (QED) is 0.0947. The predicted molar refractivity (Wildman–Crippen MR) is 267 cm³/mol. The van der Waals surface area contributed by atoms with Crippen LogP contribution < -0.4 is 23.5 Å². The zero-order valence-electron chi connectivity index (χ0n) is 37.0. The summed E-state index contributed by atoms with van der Waals surface area (Å²) in [6.45, 7) is 5.05. The molecule has 8 heteroatoms. The standard InChI is InChI=1S/C56H49O7P/c1-7-32(2)14-12-13-27-61-64-62-55-41(28-47(59-5)43-30-45(57-3)39-25-23-35-21-19-33-15-8-10-17-37(33)49(35)51(39)53(43)55)42-29-48(60-6)44-31-46(58-4)40-26-24-36-22-20-34-16-9-11-18-38(34)50(36)52(40)54(44)56(42)63-64/h8-11,15-26,28-32H,7,12-14,27H2,1-6H3/t32-/m1/s1. The molecule has 0 amide bonds. The number of fused-ring (bicyclic) bond motifs is 19. The molecule has 11 rings (SSSR count). The van der Waals surface area contributed by atoms with Crippen LogP contribution in [0.1, 0.15) is 39.5 Å². The molecule has 0 aliphatic carbocycles. The molecule has 0 unspecified atom stereocenters. The van der Waals surface area contributed by atoms with Crippen LogP contribution in [0.4, 0.5) is 0 Å². The first-order valence-corrected chi connectivity index (χ1v) is 23.2. The van der Waals surface area contributed by atoms with E-state index >= 15 is 0 Å². The van der Waals surface area contributed by atoms with Crippen molar-refractivity contribution in [2.45, 2.75) is 39.5 Å². The van der Waals surface area contributed by atoms with Crippen LogP contribution in [0.2, 0.25) is 0 Å². The van der Waals surface area contributed by atoms with Crippen molar-refractivity contribution >= 4 is 116 Å². The molecule has 0 saturated carbocycles. The zero-order chi connectivity index (χ0) is 43.6. The third-order valence-corrected chi connectivity index (χ3v) is 14.5. The molecule has 1 heterocycles. The fraction of sp³-hybridized carbons (Fsp3) is 0.214. The Balaban J connectivity index is 1.39. The van der Waals surface area contributed by atoms with Gasteiger partial charge in [-0.2, -0.15) is 0 Å². The molecule has 0 N–H and O–H groups in total. The Bertz CT molecular complexity index is 3490. The summed E-state index contributed by atoms with van der Waals surface area (Å²) in [7, 11) is 4.88. The summed E-state index contributed by atoms with van der Waals surface area (Å²) < 4.78 is 46.6. The normalized spacial score (nSPS) is 12.5. The van der Waals surface area contributed by atoms with Gasteiger partial charge in [0.25, 0.3) is 0 Å². The Morgan fingerprint density at radius 3 is 1.33 bits per heavy atom. The smallest absolute Gasteiger partial charge is 0.387 e. The number of hydrogen-bond acceptors (Lipinski definition) is 7. The van der Waals surface area contributed by atoms with Crippen LogP contribution in [0.25, 0.3) is 108 Å². The summed E-state index contributed by atoms with van der Waals surface area (Å²) in [5, 5.41) is 18.0. The van der Waals surface area contributed by atoms with E-state index in [9.17, 15) is 0 Å². The number of unbranched alkanes of at least 4 members (excludes halogenated alkanes) is 1. The lowest BCUT2D eigenvalue weighted by atomic mass is 9.90. The summed E-state index contributed by atoms with van der Waals surface area (Å²) >= 11 is 0.